The van der Waals surface area contributed by atoms with Crippen molar-refractivity contribution in [3.8, 4) is 0 Å². The predicted molar refractivity (Wildman–Crippen MR) is 98.1 cm³/mol. The van der Waals surface area contributed by atoms with Gasteiger partial charge in [-0.2, -0.15) is 5.10 Å². The number of nitrogens with one attached hydrogen (secondary N) is 1. The molecule has 0 unspecified atom stereocenters. The van der Waals surface area contributed by atoms with Crippen molar-refractivity contribution < 1.29 is 4.79 Å². The second-order valence-electron chi connectivity index (χ2n) is 6.53. The molecule has 6 nitrogen and oxygen atoms in total. The van der Waals surface area contributed by atoms with E-state index >= 15 is 0 Å². The van der Waals surface area contributed by atoms with E-state index in [1.165, 1.54) is 11.1 Å². The molecule has 1 aliphatic rings. The zero-order valence-corrected chi connectivity index (χ0v) is 14.9. The molecule has 0 bridgehead atoms. The van der Waals surface area contributed by atoms with E-state index in [-0.39, 0.29) is 5.91 Å². The average Bonchev–Trinajstić information content (AvgIpc) is 3.15. The Kier molecular flexibility index (Phi) is 6.19. The van der Waals surface area contributed by atoms with Crippen LogP contribution in [0.5, 0.6) is 0 Å². The molecule has 3 rings (SSSR count). The van der Waals surface area contributed by atoms with Crippen molar-refractivity contribution in [1.82, 2.24) is 24.9 Å². The fourth-order valence-corrected chi connectivity index (χ4v) is 3.12. The van der Waals surface area contributed by atoms with Gasteiger partial charge in [-0.25, -0.2) is 0 Å². The molecule has 1 saturated heterocycles. The van der Waals surface area contributed by atoms with Crippen molar-refractivity contribution in [2.75, 3.05) is 39.3 Å². The third kappa shape index (κ3) is 5.14. The molecular weight excluding hydrogens is 314 g/mol. The molecule has 2 heterocycles. The first kappa shape index (κ1) is 17.6. The molecule has 1 aromatic heterocycles. The molecule has 0 saturated carbocycles. The topological polar surface area (TPSA) is 53.4 Å². The summed E-state index contributed by atoms with van der Waals surface area (Å²) in [7, 11) is 0. The fraction of sp³-hybridized carbons (Fsp3) is 0.474. The van der Waals surface area contributed by atoms with Crippen molar-refractivity contribution >= 4 is 5.91 Å². The number of carbonyl (C=O) groups is 1. The van der Waals surface area contributed by atoms with Gasteiger partial charge in [0.2, 0.25) is 5.91 Å². The van der Waals surface area contributed by atoms with E-state index < -0.39 is 0 Å². The van der Waals surface area contributed by atoms with Gasteiger partial charge in [0.25, 0.3) is 0 Å². The summed E-state index contributed by atoms with van der Waals surface area (Å²) >= 11 is 0. The third-order valence-electron chi connectivity index (χ3n) is 4.73. The van der Waals surface area contributed by atoms with Gasteiger partial charge in [0, 0.05) is 51.7 Å². The Bertz CT molecular complexity index is 662. The van der Waals surface area contributed by atoms with E-state index in [0.29, 0.717) is 6.54 Å². The van der Waals surface area contributed by atoms with Crippen molar-refractivity contribution in [3.05, 3.63) is 53.9 Å². The summed E-state index contributed by atoms with van der Waals surface area (Å²) in [5.74, 6) is 0.191. The van der Waals surface area contributed by atoms with E-state index in [4.69, 9.17) is 0 Å². The number of aromatic nitrogens is 2. The van der Waals surface area contributed by atoms with Crippen LogP contribution in [-0.2, 0) is 17.9 Å². The molecule has 25 heavy (non-hydrogen) atoms. The summed E-state index contributed by atoms with van der Waals surface area (Å²) in [6.07, 6.45) is 3.69. The summed E-state index contributed by atoms with van der Waals surface area (Å²) < 4.78 is 1.86. The Morgan fingerprint density at radius 3 is 2.68 bits per heavy atom. The highest BCUT2D eigenvalue weighted by Crippen LogP contribution is 2.12. The minimum atomic E-state index is 0.191. The number of rotatable bonds is 7. The number of carbonyl (C=O) groups excluding carboxylic acids is 1. The first-order valence-electron chi connectivity index (χ1n) is 8.95. The molecule has 0 aliphatic carbocycles. The maximum atomic E-state index is 12.3. The summed E-state index contributed by atoms with van der Waals surface area (Å²) in [5, 5.41) is 7.36. The first-order chi connectivity index (χ1) is 12.2. The number of nitrogens with zero attached hydrogens (tertiary/aromatic N) is 4. The van der Waals surface area contributed by atoms with Gasteiger partial charge in [-0.1, -0.05) is 24.3 Å². The lowest BCUT2D eigenvalue weighted by Crippen LogP contribution is -2.50. The normalized spacial score (nSPS) is 15.5. The van der Waals surface area contributed by atoms with Gasteiger partial charge in [0.15, 0.2) is 0 Å². The van der Waals surface area contributed by atoms with Crippen LogP contribution in [-0.4, -0.2) is 64.8 Å². The van der Waals surface area contributed by atoms with Crippen LogP contribution in [0, 0.1) is 6.92 Å². The van der Waals surface area contributed by atoms with Crippen LogP contribution in [0.15, 0.2) is 42.7 Å². The van der Waals surface area contributed by atoms with Crippen LogP contribution < -0.4 is 5.32 Å². The number of benzene rings is 1. The van der Waals surface area contributed by atoms with Gasteiger partial charge in [0.05, 0.1) is 13.1 Å². The molecule has 1 aromatic carbocycles. The predicted octanol–water partition coefficient (Wildman–Crippen LogP) is 1.13. The Morgan fingerprint density at radius 1 is 1.16 bits per heavy atom. The van der Waals surface area contributed by atoms with Gasteiger partial charge in [-0.3, -0.25) is 14.4 Å². The SMILES string of the molecule is Cc1ccccc1CN1CCN(C(=O)CNCCn2cccn2)CC1. The van der Waals surface area contributed by atoms with E-state index in [9.17, 15) is 4.79 Å². The van der Waals surface area contributed by atoms with Crippen molar-refractivity contribution in [2.45, 2.75) is 20.0 Å². The van der Waals surface area contributed by atoms with Crippen molar-refractivity contribution in [3.63, 3.8) is 0 Å². The lowest BCUT2D eigenvalue weighted by atomic mass is 10.1. The summed E-state index contributed by atoms with van der Waals surface area (Å²) in [6, 6.07) is 10.4. The van der Waals surface area contributed by atoms with Crippen LogP contribution >= 0.6 is 0 Å². The summed E-state index contributed by atoms with van der Waals surface area (Å²) in [6.45, 7) is 8.56. The van der Waals surface area contributed by atoms with Crippen LogP contribution in [0.1, 0.15) is 11.1 Å². The van der Waals surface area contributed by atoms with Gasteiger partial charge >= 0.3 is 0 Å². The highest BCUT2D eigenvalue weighted by atomic mass is 16.2. The largest absolute Gasteiger partial charge is 0.339 e. The monoisotopic (exact) mass is 341 g/mol. The highest BCUT2D eigenvalue weighted by Gasteiger charge is 2.20. The molecule has 1 aliphatic heterocycles. The van der Waals surface area contributed by atoms with Crippen molar-refractivity contribution in [2.24, 2.45) is 0 Å². The second-order valence-corrected chi connectivity index (χ2v) is 6.53. The minimum absolute atomic E-state index is 0.191. The molecule has 0 atom stereocenters. The molecule has 0 radical (unpaired) electrons. The molecule has 134 valence electrons. The number of hydrogen-bond acceptors (Lipinski definition) is 4. The van der Waals surface area contributed by atoms with Gasteiger partial charge in [0.1, 0.15) is 0 Å². The summed E-state index contributed by atoms with van der Waals surface area (Å²) in [5.41, 5.74) is 2.71. The Morgan fingerprint density at radius 2 is 1.96 bits per heavy atom. The number of hydrogen-bond donors (Lipinski definition) is 1. The molecule has 1 amide bonds. The number of amides is 1. The number of aryl methyl sites for hydroxylation is 1. The number of piperazine rings is 1. The van der Waals surface area contributed by atoms with Gasteiger partial charge < -0.3 is 10.2 Å². The summed E-state index contributed by atoms with van der Waals surface area (Å²) in [4.78, 5) is 16.7. The van der Waals surface area contributed by atoms with E-state index in [1.54, 1.807) is 6.20 Å². The zero-order valence-electron chi connectivity index (χ0n) is 14.9. The van der Waals surface area contributed by atoms with E-state index in [1.807, 2.05) is 21.8 Å². The standard InChI is InChI=1S/C19H27N5O/c1-17-5-2-3-6-18(17)16-22-11-13-23(14-12-22)19(25)15-20-8-10-24-9-4-7-21-24/h2-7,9,20H,8,10-16H2,1H3. The molecule has 6 heteroatoms. The second kappa shape index (κ2) is 8.78. The first-order valence-corrected chi connectivity index (χ1v) is 8.95. The van der Waals surface area contributed by atoms with Gasteiger partial charge in [-0.05, 0) is 24.1 Å². The smallest absolute Gasteiger partial charge is 0.236 e. The van der Waals surface area contributed by atoms with Crippen LogP contribution in [0.2, 0.25) is 0 Å². The van der Waals surface area contributed by atoms with Crippen LogP contribution in [0.4, 0.5) is 0 Å². The van der Waals surface area contributed by atoms with E-state index in [2.05, 4.69) is 46.5 Å². The van der Waals surface area contributed by atoms with Crippen LogP contribution in [0.25, 0.3) is 0 Å². The minimum Gasteiger partial charge on any atom is -0.339 e. The third-order valence-corrected chi connectivity index (χ3v) is 4.73. The Balaban J connectivity index is 1.35. The molecule has 2 aromatic rings. The Hall–Kier alpha value is -2.18. The van der Waals surface area contributed by atoms with Crippen LogP contribution in [0.3, 0.4) is 0 Å². The molecule has 1 fully saturated rings. The zero-order chi connectivity index (χ0) is 17.5. The lowest BCUT2D eigenvalue weighted by molar-refractivity contribution is -0.132. The lowest BCUT2D eigenvalue weighted by Gasteiger charge is -2.35. The Labute approximate surface area is 149 Å². The maximum absolute atomic E-state index is 12.3. The molecular formula is C19H27N5O. The van der Waals surface area contributed by atoms with Gasteiger partial charge in [-0.15, -0.1) is 0 Å². The molecule has 0 spiro atoms. The highest BCUT2D eigenvalue weighted by molar-refractivity contribution is 5.78. The van der Waals surface area contributed by atoms with Crippen molar-refractivity contribution in [1.29, 1.82) is 0 Å². The quantitative estimate of drug-likeness (QED) is 0.767. The maximum Gasteiger partial charge on any atom is 0.236 e. The fourth-order valence-electron chi connectivity index (χ4n) is 3.12. The molecule has 1 N–H and O–H groups in total. The average molecular weight is 341 g/mol. The van der Waals surface area contributed by atoms with E-state index in [0.717, 1.165) is 45.8 Å².